The van der Waals surface area contributed by atoms with Gasteiger partial charge in [-0.25, -0.2) is 4.39 Å². The van der Waals surface area contributed by atoms with Crippen LogP contribution in [0.4, 0.5) is 4.39 Å². The zero-order chi connectivity index (χ0) is 15.1. The van der Waals surface area contributed by atoms with E-state index in [0.29, 0.717) is 18.5 Å². The van der Waals surface area contributed by atoms with Crippen molar-refractivity contribution in [1.29, 1.82) is 0 Å². The van der Waals surface area contributed by atoms with Crippen molar-refractivity contribution in [3.8, 4) is 0 Å². The van der Waals surface area contributed by atoms with Crippen LogP contribution in [0, 0.1) is 5.82 Å². The molecule has 7 heteroatoms. The summed E-state index contributed by atoms with van der Waals surface area (Å²) in [6, 6.07) is 4.98. The molecule has 2 rings (SSSR count). The summed E-state index contributed by atoms with van der Waals surface area (Å²) in [5.74, 6) is 0.545. The SMILES string of the molecule is CN=C(NCCc1cc(Br)ccc1F)NCC1CCCO1.I. The Hall–Kier alpha value is -0.410. The molecule has 1 saturated heterocycles. The number of nitrogens with zero attached hydrogens (tertiary/aromatic N) is 1. The molecule has 0 radical (unpaired) electrons. The van der Waals surface area contributed by atoms with E-state index in [0.717, 1.165) is 36.4 Å². The topological polar surface area (TPSA) is 45.7 Å². The van der Waals surface area contributed by atoms with Crippen molar-refractivity contribution in [3.63, 3.8) is 0 Å². The molecule has 1 unspecified atom stereocenters. The number of hydrogen-bond acceptors (Lipinski definition) is 2. The van der Waals surface area contributed by atoms with Crippen molar-refractivity contribution in [2.45, 2.75) is 25.4 Å². The quantitative estimate of drug-likeness (QED) is 0.382. The lowest BCUT2D eigenvalue weighted by molar-refractivity contribution is 0.114. The highest BCUT2D eigenvalue weighted by Crippen LogP contribution is 2.15. The summed E-state index contributed by atoms with van der Waals surface area (Å²) >= 11 is 3.36. The van der Waals surface area contributed by atoms with E-state index in [4.69, 9.17) is 4.74 Å². The average Bonchev–Trinajstić information content (AvgIpc) is 2.99. The first-order valence-electron chi connectivity index (χ1n) is 7.19. The second kappa shape index (κ2) is 10.4. The summed E-state index contributed by atoms with van der Waals surface area (Å²) in [4.78, 5) is 4.16. The van der Waals surface area contributed by atoms with Gasteiger partial charge in [0, 0.05) is 31.2 Å². The van der Waals surface area contributed by atoms with Crippen LogP contribution in [0.15, 0.2) is 27.7 Å². The maximum absolute atomic E-state index is 13.6. The van der Waals surface area contributed by atoms with Crippen LogP contribution in [0.25, 0.3) is 0 Å². The fourth-order valence-electron chi connectivity index (χ4n) is 2.29. The van der Waals surface area contributed by atoms with Crippen LogP contribution in [0.3, 0.4) is 0 Å². The lowest BCUT2D eigenvalue weighted by atomic mass is 10.1. The van der Waals surface area contributed by atoms with E-state index < -0.39 is 0 Å². The summed E-state index contributed by atoms with van der Waals surface area (Å²) in [6.45, 7) is 2.23. The molecule has 124 valence electrons. The van der Waals surface area contributed by atoms with E-state index in [1.165, 1.54) is 6.07 Å². The number of hydrogen-bond donors (Lipinski definition) is 2. The zero-order valence-corrected chi connectivity index (χ0v) is 16.5. The third-order valence-electron chi connectivity index (χ3n) is 3.44. The predicted octanol–water partition coefficient (Wildman–Crippen LogP) is 3.09. The van der Waals surface area contributed by atoms with Crippen molar-refractivity contribution < 1.29 is 9.13 Å². The molecule has 0 saturated carbocycles. The van der Waals surface area contributed by atoms with Gasteiger partial charge in [-0.1, -0.05) is 15.9 Å². The van der Waals surface area contributed by atoms with Crippen LogP contribution in [0.2, 0.25) is 0 Å². The minimum Gasteiger partial charge on any atom is -0.376 e. The molecule has 1 aromatic carbocycles. The maximum atomic E-state index is 13.6. The van der Waals surface area contributed by atoms with Crippen molar-refractivity contribution >= 4 is 45.9 Å². The zero-order valence-electron chi connectivity index (χ0n) is 12.6. The summed E-state index contributed by atoms with van der Waals surface area (Å²) in [6.07, 6.45) is 3.09. The molecule has 1 heterocycles. The van der Waals surface area contributed by atoms with E-state index in [1.807, 2.05) is 0 Å². The Bertz CT molecular complexity index is 496. The Kier molecular flexibility index (Phi) is 9.27. The Morgan fingerprint density at radius 2 is 2.27 bits per heavy atom. The van der Waals surface area contributed by atoms with E-state index >= 15 is 0 Å². The molecule has 0 bridgehead atoms. The minimum atomic E-state index is -0.178. The molecule has 4 nitrogen and oxygen atoms in total. The number of guanidine groups is 1. The van der Waals surface area contributed by atoms with Gasteiger partial charge in [0.1, 0.15) is 5.82 Å². The summed E-state index contributed by atoms with van der Waals surface area (Å²) < 4.78 is 20.1. The molecule has 1 aromatic rings. The molecule has 0 aliphatic carbocycles. The molecule has 0 spiro atoms. The van der Waals surface area contributed by atoms with E-state index in [9.17, 15) is 4.39 Å². The number of benzene rings is 1. The molecular weight excluding hydrogens is 464 g/mol. The van der Waals surface area contributed by atoms with Crippen molar-refractivity contribution in [2.24, 2.45) is 4.99 Å². The first-order valence-corrected chi connectivity index (χ1v) is 7.98. The molecule has 1 fully saturated rings. The summed E-state index contributed by atoms with van der Waals surface area (Å²) in [7, 11) is 1.73. The van der Waals surface area contributed by atoms with Gasteiger partial charge in [-0.05, 0) is 43.0 Å². The lowest BCUT2D eigenvalue weighted by Gasteiger charge is -2.15. The van der Waals surface area contributed by atoms with Crippen LogP contribution in [0.1, 0.15) is 18.4 Å². The lowest BCUT2D eigenvalue weighted by Crippen LogP contribution is -2.41. The third kappa shape index (κ3) is 6.37. The highest BCUT2D eigenvalue weighted by molar-refractivity contribution is 14.0. The van der Waals surface area contributed by atoms with E-state index in [1.54, 1.807) is 19.2 Å². The number of aliphatic imine (C=N–C) groups is 1. The highest BCUT2D eigenvalue weighted by atomic mass is 127. The molecule has 0 aromatic heterocycles. The van der Waals surface area contributed by atoms with Gasteiger partial charge in [0.2, 0.25) is 0 Å². The van der Waals surface area contributed by atoms with E-state index in [-0.39, 0.29) is 35.9 Å². The van der Waals surface area contributed by atoms with E-state index in [2.05, 4.69) is 31.6 Å². The highest BCUT2D eigenvalue weighted by Gasteiger charge is 2.15. The molecule has 1 atom stereocenters. The van der Waals surface area contributed by atoms with Gasteiger partial charge >= 0.3 is 0 Å². The Morgan fingerprint density at radius 1 is 1.45 bits per heavy atom. The van der Waals surface area contributed by atoms with Gasteiger partial charge in [-0.3, -0.25) is 4.99 Å². The van der Waals surface area contributed by atoms with Gasteiger partial charge in [0.05, 0.1) is 6.10 Å². The molecule has 1 aliphatic rings. The van der Waals surface area contributed by atoms with Gasteiger partial charge in [0.15, 0.2) is 5.96 Å². The largest absolute Gasteiger partial charge is 0.376 e. The standard InChI is InChI=1S/C15H21BrFN3O.HI/c1-18-15(20-10-13-3-2-8-21-13)19-7-6-11-9-12(16)4-5-14(11)17;/h4-5,9,13H,2-3,6-8,10H2,1H3,(H2,18,19,20);1H. The minimum absolute atomic E-state index is 0. The summed E-state index contributed by atoms with van der Waals surface area (Å²) in [5, 5.41) is 6.42. The van der Waals surface area contributed by atoms with Crippen LogP contribution < -0.4 is 10.6 Å². The first-order chi connectivity index (χ1) is 10.2. The Balaban J connectivity index is 0.00000242. The molecule has 2 N–H and O–H groups in total. The van der Waals surface area contributed by atoms with Crippen LogP contribution in [0.5, 0.6) is 0 Å². The summed E-state index contributed by atoms with van der Waals surface area (Å²) in [5.41, 5.74) is 0.687. The Labute approximate surface area is 156 Å². The number of nitrogens with one attached hydrogen (secondary N) is 2. The normalized spacial score (nSPS) is 18.0. The van der Waals surface area contributed by atoms with Crippen LogP contribution in [-0.4, -0.2) is 38.8 Å². The second-order valence-electron chi connectivity index (χ2n) is 5.00. The maximum Gasteiger partial charge on any atom is 0.191 e. The molecular formula is C15H22BrFIN3O. The van der Waals surface area contributed by atoms with Crippen molar-refractivity contribution in [3.05, 3.63) is 34.1 Å². The van der Waals surface area contributed by atoms with Crippen molar-refractivity contribution in [2.75, 3.05) is 26.7 Å². The van der Waals surface area contributed by atoms with Gasteiger partial charge < -0.3 is 15.4 Å². The molecule has 22 heavy (non-hydrogen) atoms. The van der Waals surface area contributed by atoms with Gasteiger partial charge in [-0.15, -0.1) is 24.0 Å². The smallest absolute Gasteiger partial charge is 0.191 e. The predicted molar refractivity (Wildman–Crippen MR) is 102 cm³/mol. The number of ether oxygens (including phenoxy) is 1. The second-order valence-corrected chi connectivity index (χ2v) is 5.92. The third-order valence-corrected chi connectivity index (χ3v) is 3.93. The van der Waals surface area contributed by atoms with Crippen LogP contribution >= 0.6 is 39.9 Å². The Morgan fingerprint density at radius 3 is 2.95 bits per heavy atom. The fourth-order valence-corrected chi connectivity index (χ4v) is 2.70. The van der Waals surface area contributed by atoms with Crippen LogP contribution in [-0.2, 0) is 11.2 Å². The van der Waals surface area contributed by atoms with Gasteiger partial charge in [0.25, 0.3) is 0 Å². The number of halogens is 3. The van der Waals surface area contributed by atoms with Crippen molar-refractivity contribution in [1.82, 2.24) is 10.6 Å². The molecule has 1 aliphatic heterocycles. The van der Waals surface area contributed by atoms with Gasteiger partial charge in [-0.2, -0.15) is 0 Å². The first kappa shape index (κ1) is 19.6. The number of rotatable bonds is 5. The molecule has 0 amide bonds. The average molecular weight is 486 g/mol. The monoisotopic (exact) mass is 485 g/mol. The fraction of sp³-hybridized carbons (Fsp3) is 0.533.